The molecule has 0 fully saturated rings. The second-order valence-corrected chi connectivity index (χ2v) is 10.6. The van der Waals surface area contributed by atoms with E-state index in [4.69, 9.17) is 9.47 Å². The van der Waals surface area contributed by atoms with Crippen molar-refractivity contribution in [2.75, 3.05) is 7.11 Å². The molecule has 4 nitrogen and oxygen atoms in total. The van der Waals surface area contributed by atoms with Gasteiger partial charge >= 0.3 is 5.97 Å². The van der Waals surface area contributed by atoms with Gasteiger partial charge in [0.05, 0.1) is 13.5 Å². The summed E-state index contributed by atoms with van der Waals surface area (Å²) in [5.41, 5.74) is 4.26. The van der Waals surface area contributed by atoms with Gasteiger partial charge in [0.2, 0.25) is 0 Å². The number of aliphatic carboxylic acids is 1. The fraction of sp³-hybridized carbons (Fsp3) is 0.344. The third-order valence-corrected chi connectivity index (χ3v) is 6.23. The molecule has 0 heterocycles. The lowest BCUT2D eigenvalue weighted by molar-refractivity contribution is -0.137. The van der Waals surface area contributed by atoms with Crippen molar-refractivity contribution in [3.05, 3.63) is 95.8 Å². The molecular weight excluding hydrogens is 467 g/mol. The zero-order valence-corrected chi connectivity index (χ0v) is 22.2. The van der Waals surface area contributed by atoms with Crippen molar-refractivity contribution in [2.45, 2.75) is 59.0 Å². The van der Waals surface area contributed by atoms with Crippen LogP contribution in [0.15, 0.2) is 73.3 Å². The lowest BCUT2D eigenvalue weighted by Crippen LogP contribution is -2.11. The fourth-order valence-electron chi connectivity index (χ4n) is 4.50. The molecule has 5 heteroatoms. The van der Waals surface area contributed by atoms with Gasteiger partial charge in [-0.15, -0.1) is 6.58 Å². The number of methoxy groups -OCH3 is 1. The number of halogens is 1. The van der Waals surface area contributed by atoms with Gasteiger partial charge in [0, 0.05) is 5.56 Å². The van der Waals surface area contributed by atoms with Crippen LogP contribution < -0.4 is 9.47 Å². The van der Waals surface area contributed by atoms with E-state index in [1.165, 1.54) is 6.07 Å². The fourth-order valence-corrected chi connectivity index (χ4v) is 4.50. The van der Waals surface area contributed by atoms with Crippen LogP contribution in [0, 0.1) is 11.2 Å². The Morgan fingerprint density at radius 1 is 1.05 bits per heavy atom. The molecule has 0 aliphatic carbocycles. The van der Waals surface area contributed by atoms with Crippen LogP contribution in [-0.2, 0) is 17.8 Å². The predicted octanol–water partition coefficient (Wildman–Crippen LogP) is 8.19. The van der Waals surface area contributed by atoms with Crippen molar-refractivity contribution in [1.82, 2.24) is 0 Å². The van der Waals surface area contributed by atoms with E-state index in [1.807, 2.05) is 48.5 Å². The molecular formula is C32H37FO4. The van der Waals surface area contributed by atoms with E-state index in [9.17, 15) is 14.3 Å². The summed E-state index contributed by atoms with van der Waals surface area (Å²) in [5.74, 6) is 0.118. The molecule has 0 saturated carbocycles. The van der Waals surface area contributed by atoms with Crippen LogP contribution in [-0.4, -0.2) is 18.2 Å². The largest absolute Gasteiger partial charge is 0.497 e. The first-order valence-corrected chi connectivity index (χ1v) is 12.6. The molecule has 0 radical (unpaired) electrons. The van der Waals surface area contributed by atoms with Crippen LogP contribution >= 0.6 is 0 Å². The predicted molar refractivity (Wildman–Crippen MR) is 147 cm³/mol. The van der Waals surface area contributed by atoms with Gasteiger partial charge in [0.15, 0.2) is 0 Å². The molecule has 1 unspecified atom stereocenters. The SMILES string of the molecule is C=CCCC(CC(=O)O)c1cccc(COc2ccc(-c3cc(OC)ccc3F)c(CC(C)(C)C)c2)c1. The number of carbonyl (C=O) groups is 1. The van der Waals surface area contributed by atoms with Crippen LogP contribution in [0.2, 0.25) is 0 Å². The van der Waals surface area contributed by atoms with Crippen LogP contribution in [0.3, 0.4) is 0 Å². The van der Waals surface area contributed by atoms with Gasteiger partial charge in [-0.3, -0.25) is 4.79 Å². The van der Waals surface area contributed by atoms with E-state index in [0.717, 1.165) is 41.5 Å². The van der Waals surface area contributed by atoms with Crippen molar-refractivity contribution in [2.24, 2.45) is 5.41 Å². The average molecular weight is 505 g/mol. The molecule has 0 bridgehead atoms. The standard InChI is InChI=1S/C32H37FO4/c1-6-7-10-24(18-31(34)35)23-11-8-9-22(16-23)21-37-27-12-14-28(25(17-27)20-32(2,3)4)29-19-26(36-5)13-15-30(29)33/h6,8-9,11-17,19,24H,1,7,10,18,20-21H2,2-5H3,(H,34,35). The Morgan fingerprint density at radius 2 is 1.81 bits per heavy atom. The summed E-state index contributed by atoms with van der Waals surface area (Å²) < 4.78 is 26.3. The quantitative estimate of drug-likeness (QED) is 0.253. The van der Waals surface area contributed by atoms with E-state index < -0.39 is 5.97 Å². The Bertz CT molecular complexity index is 1230. The number of carboxylic acid groups (broad SMARTS) is 1. The second kappa shape index (κ2) is 12.6. The van der Waals surface area contributed by atoms with Gasteiger partial charge in [0.25, 0.3) is 0 Å². The summed E-state index contributed by atoms with van der Waals surface area (Å²) in [6.07, 6.45) is 4.13. The molecule has 0 aliphatic rings. The Kier molecular flexibility index (Phi) is 9.51. The number of rotatable bonds is 12. The van der Waals surface area contributed by atoms with Crippen LogP contribution in [0.4, 0.5) is 4.39 Å². The molecule has 37 heavy (non-hydrogen) atoms. The number of hydrogen-bond donors (Lipinski definition) is 1. The third kappa shape index (κ3) is 8.21. The van der Waals surface area contributed by atoms with Crippen LogP contribution in [0.1, 0.15) is 62.6 Å². The highest BCUT2D eigenvalue weighted by Gasteiger charge is 2.19. The van der Waals surface area contributed by atoms with Crippen LogP contribution in [0.25, 0.3) is 11.1 Å². The monoisotopic (exact) mass is 504 g/mol. The highest BCUT2D eigenvalue weighted by atomic mass is 19.1. The van der Waals surface area contributed by atoms with Gasteiger partial charge in [-0.2, -0.15) is 0 Å². The summed E-state index contributed by atoms with van der Waals surface area (Å²) in [6, 6.07) is 18.4. The van der Waals surface area contributed by atoms with Crippen molar-refractivity contribution < 1.29 is 23.8 Å². The Balaban J connectivity index is 1.86. The maximum atomic E-state index is 14.8. The molecule has 196 valence electrons. The summed E-state index contributed by atoms with van der Waals surface area (Å²) in [6.45, 7) is 10.6. The first-order valence-electron chi connectivity index (χ1n) is 12.6. The first-order chi connectivity index (χ1) is 17.6. The summed E-state index contributed by atoms with van der Waals surface area (Å²) in [5, 5.41) is 9.34. The lowest BCUT2D eigenvalue weighted by Gasteiger charge is -2.22. The maximum Gasteiger partial charge on any atom is 0.303 e. The number of ether oxygens (including phenoxy) is 2. The third-order valence-electron chi connectivity index (χ3n) is 6.23. The molecule has 0 saturated heterocycles. The van der Waals surface area contributed by atoms with E-state index in [1.54, 1.807) is 19.2 Å². The Labute approximate surface area is 219 Å². The zero-order valence-electron chi connectivity index (χ0n) is 22.2. The molecule has 3 aromatic rings. The molecule has 0 spiro atoms. The van der Waals surface area contributed by atoms with E-state index in [2.05, 4.69) is 27.4 Å². The van der Waals surface area contributed by atoms with Gasteiger partial charge in [0.1, 0.15) is 23.9 Å². The molecule has 1 N–H and O–H groups in total. The van der Waals surface area contributed by atoms with E-state index in [0.29, 0.717) is 23.7 Å². The Morgan fingerprint density at radius 3 is 2.49 bits per heavy atom. The molecule has 3 rings (SSSR count). The summed E-state index contributed by atoms with van der Waals surface area (Å²) in [4.78, 5) is 11.4. The minimum Gasteiger partial charge on any atom is -0.497 e. The smallest absolute Gasteiger partial charge is 0.303 e. The molecule has 0 aromatic heterocycles. The number of carboxylic acids is 1. The normalized spacial score (nSPS) is 12.1. The van der Waals surface area contributed by atoms with Crippen molar-refractivity contribution >= 4 is 5.97 Å². The van der Waals surface area contributed by atoms with Crippen molar-refractivity contribution in [1.29, 1.82) is 0 Å². The lowest BCUT2D eigenvalue weighted by atomic mass is 9.84. The second-order valence-electron chi connectivity index (χ2n) is 10.6. The minimum absolute atomic E-state index is 0.0123. The van der Waals surface area contributed by atoms with E-state index >= 15 is 0 Å². The minimum atomic E-state index is -0.811. The highest BCUT2D eigenvalue weighted by Crippen LogP contribution is 2.35. The number of allylic oxidation sites excluding steroid dienone is 1. The van der Waals surface area contributed by atoms with Crippen molar-refractivity contribution in [3.63, 3.8) is 0 Å². The number of benzene rings is 3. The molecule has 0 aliphatic heterocycles. The first kappa shape index (κ1) is 28.0. The summed E-state index contributed by atoms with van der Waals surface area (Å²) >= 11 is 0. The highest BCUT2D eigenvalue weighted by molar-refractivity contribution is 5.70. The van der Waals surface area contributed by atoms with Gasteiger partial charge in [-0.05, 0) is 83.2 Å². The van der Waals surface area contributed by atoms with Crippen LogP contribution in [0.5, 0.6) is 11.5 Å². The van der Waals surface area contributed by atoms with Gasteiger partial charge in [-0.25, -0.2) is 4.39 Å². The maximum absolute atomic E-state index is 14.8. The van der Waals surface area contributed by atoms with Crippen molar-refractivity contribution in [3.8, 4) is 22.6 Å². The number of hydrogen-bond acceptors (Lipinski definition) is 3. The summed E-state index contributed by atoms with van der Waals surface area (Å²) in [7, 11) is 1.57. The molecule has 3 aromatic carbocycles. The van der Waals surface area contributed by atoms with Gasteiger partial charge in [-0.1, -0.05) is 57.2 Å². The average Bonchev–Trinajstić information content (AvgIpc) is 2.85. The van der Waals surface area contributed by atoms with Gasteiger partial charge < -0.3 is 14.6 Å². The molecule has 0 amide bonds. The zero-order chi connectivity index (χ0) is 27.0. The topological polar surface area (TPSA) is 55.8 Å². The van der Waals surface area contributed by atoms with E-state index in [-0.39, 0.29) is 23.6 Å². The Hall–Kier alpha value is -3.60. The molecule has 1 atom stereocenters.